The van der Waals surface area contributed by atoms with Crippen molar-refractivity contribution < 1.29 is 37.8 Å². The number of halogens is 1. The zero-order valence-corrected chi connectivity index (χ0v) is 20.0. The predicted molar refractivity (Wildman–Crippen MR) is 121 cm³/mol. The predicted octanol–water partition coefficient (Wildman–Crippen LogP) is 2.51. The highest BCUT2D eigenvalue weighted by atomic mass is 19.1. The number of esters is 1. The van der Waals surface area contributed by atoms with Crippen LogP contribution in [-0.4, -0.2) is 55.4 Å². The van der Waals surface area contributed by atoms with E-state index in [9.17, 15) is 28.4 Å². The Hall–Kier alpha value is -3.30. The molecule has 0 heterocycles. The molecule has 1 aromatic carbocycles. The highest BCUT2D eigenvalue weighted by Gasteiger charge is 2.30. The topological polar surface area (TPSA) is 128 Å². The molecule has 0 fully saturated rings. The van der Waals surface area contributed by atoms with E-state index in [1.165, 1.54) is 14.0 Å². The minimum absolute atomic E-state index is 0.0417. The number of ketones is 2. The van der Waals surface area contributed by atoms with Gasteiger partial charge >= 0.3 is 12.1 Å². The lowest BCUT2D eigenvalue weighted by molar-refractivity contribution is -0.141. The van der Waals surface area contributed by atoms with Crippen molar-refractivity contribution in [2.24, 2.45) is 11.8 Å². The monoisotopic (exact) mass is 480 g/mol. The lowest BCUT2D eigenvalue weighted by Gasteiger charge is -2.23. The molecule has 0 aliphatic carbocycles. The summed E-state index contributed by atoms with van der Waals surface area (Å²) in [5.41, 5.74) is 0.792. The number of methoxy groups -OCH3 is 1. The Morgan fingerprint density at radius 2 is 1.62 bits per heavy atom. The molecule has 2 amide bonds. The third-order valence-electron chi connectivity index (χ3n) is 5.16. The van der Waals surface area contributed by atoms with E-state index in [4.69, 9.17) is 4.74 Å². The van der Waals surface area contributed by atoms with Gasteiger partial charge in [0, 0.05) is 18.8 Å². The summed E-state index contributed by atoms with van der Waals surface area (Å²) >= 11 is 0. The second-order valence-electron chi connectivity index (χ2n) is 8.28. The van der Waals surface area contributed by atoms with E-state index < -0.39 is 54.2 Å². The van der Waals surface area contributed by atoms with Crippen molar-refractivity contribution in [2.75, 3.05) is 13.8 Å². The number of carbonyl (C=O) groups is 5. The first kappa shape index (κ1) is 28.7. The van der Waals surface area contributed by atoms with Crippen LogP contribution >= 0.6 is 0 Å². The van der Waals surface area contributed by atoms with Gasteiger partial charge in [-0.25, -0.2) is 9.18 Å². The van der Waals surface area contributed by atoms with Gasteiger partial charge in [0.2, 0.25) is 5.91 Å². The van der Waals surface area contributed by atoms with Crippen molar-refractivity contribution in [3.8, 4) is 0 Å². The molecule has 10 heteroatoms. The average molecular weight is 481 g/mol. The molecule has 0 aromatic heterocycles. The normalized spacial score (nSPS) is 13.4. The van der Waals surface area contributed by atoms with Crippen molar-refractivity contribution in [2.45, 2.75) is 58.7 Å². The maximum Gasteiger partial charge on any atom is 0.408 e. The van der Waals surface area contributed by atoms with Crippen molar-refractivity contribution in [3.05, 3.63) is 35.9 Å². The number of alkyl carbamates (subject to hydrolysis) is 1. The Labute approximate surface area is 198 Å². The molecule has 3 atom stereocenters. The Morgan fingerprint density at radius 1 is 0.971 bits per heavy atom. The number of benzene rings is 1. The molecular formula is C24H33FN2O7. The van der Waals surface area contributed by atoms with Crippen LogP contribution in [0.4, 0.5) is 9.18 Å². The third kappa shape index (κ3) is 10.1. The highest BCUT2D eigenvalue weighted by Crippen LogP contribution is 2.13. The first-order valence-corrected chi connectivity index (χ1v) is 11.0. The summed E-state index contributed by atoms with van der Waals surface area (Å²) in [5, 5.41) is 4.94. The van der Waals surface area contributed by atoms with E-state index in [1.54, 1.807) is 26.0 Å². The quantitative estimate of drug-likeness (QED) is 0.392. The minimum atomic E-state index is -1.30. The van der Waals surface area contributed by atoms with Gasteiger partial charge in [-0.2, -0.15) is 0 Å². The number of ether oxygens (including phenoxy) is 2. The molecule has 0 saturated carbocycles. The van der Waals surface area contributed by atoms with Crippen LogP contribution in [-0.2, 0) is 35.3 Å². The van der Waals surface area contributed by atoms with Gasteiger partial charge in [-0.15, -0.1) is 0 Å². The lowest BCUT2D eigenvalue weighted by atomic mass is 9.92. The van der Waals surface area contributed by atoms with Gasteiger partial charge in [-0.05, 0) is 17.9 Å². The molecule has 1 rings (SSSR count). The summed E-state index contributed by atoms with van der Waals surface area (Å²) in [6.07, 6.45) is -1.28. The first-order chi connectivity index (χ1) is 16.1. The van der Waals surface area contributed by atoms with Crippen molar-refractivity contribution >= 4 is 29.5 Å². The van der Waals surface area contributed by atoms with Gasteiger partial charge in [-0.1, -0.05) is 51.1 Å². The van der Waals surface area contributed by atoms with Crippen molar-refractivity contribution in [1.29, 1.82) is 0 Å². The molecule has 9 nitrogen and oxygen atoms in total. The number of hydrogen-bond donors (Lipinski definition) is 2. The molecule has 0 unspecified atom stereocenters. The van der Waals surface area contributed by atoms with Crippen LogP contribution in [0.5, 0.6) is 0 Å². The van der Waals surface area contributed by atoms with Crippen molar-refractivity contribution in [1.82, 2.24) is 10.6 Å². The molecule has 188 valence electrons. The van der Waals surface area contributed by atoms with E-state index >= 15 is 0 Å². The van der Waals surface area contributed by atoms with Crippen LogP contribution in [0.25, 0.3) is 0 Å². The van der Waals surface area contributed by atoms with Crippen molar-refractivity contribution in [3.63, 3.8) is 0 Å². The van der Waals surface area contributed by atoms with E-state index in [0.717, 1.165) is 5.56 Å². The highest BCUT2D eigenvalue weighted by molar-refractivity contribution is 5.94. The summed E-state index contributed by atoms with van der Waals surface area (Å²) in [6, 6.07) is 6.95. The maximum absolute atomic E-state index is 12.9. The Kier molecular flexibility index (Phi) is 12.5. The van der Waals surface area contributed by atoms with E-state index in [-0.39, 0.29) is 31.8 Å². The number of carbonyl (C=O) groups excluding carboxylic acids is 5. The average Bonchev–Trinajstić information content (AvgIpc) is 2.82. The van der Waals surface area contributed by atoms with Gasteiger partial charge < -0.3 is 20.1 Å². The SMILES string of the molecule is COC(=O)CC[C@H](NC(=O)[C@H](C)CC(=O)[C@@H](NC(=O)OCc1ccccc1)C(C)C)C(=O)CF. The zero-order valence-electron chi connectivity index (χ0n) is 20.0. The van der Waals surface area contributed by atoms with E-state index in [0.29, 0.717) is 0 Å². The molecule has 34 heavy (non-hydrogen) atoms. The molecule has 0 aliphatic heterocycles. The largest absolute Gasteiger partial charge is 0.469 e. The third-order valence-corrected chi connectivity index (χ3v) is 5.16. The van der Waals surface area contributed by atoms with Gasteiger partial charge in [0.05, 0.1) is 19.2 Å². The number of rotatable bonds is 14. The fourth-order valence-corrected chi connectivity index (χ4v) is 3.12. The second-order valence-corrected chi connectivity index (χ2v) is 8.28. The summed E-state index contributed by atoms with van der Waals surface area (Å²) in [6.45, 7) is 3.71. The number of amides is 2. The molecule has 0 spiro atoms. The fraction of sp³-hybridized carbons (Fsp3) is 0.542. The molecule has 0 bridgehead atoms. The van der Waals surface area contributed by atoms with Crippen LogP contribution in [0.1, 0.15) is 45.6 Å². The zero-order chi connectivity index (χ0) is 25.7. The summed E-state index contributed by atoms with van der Waals surface area (Å²) in [5.74, 6) is -3.63. The van der Waals surface area contributed by atoms with E-state index in [1.807, 2.05) is 18.2 Å². The fourth-order valence-electron chi connectivity index (χ4n) is 3.12. The summed E-state index contributed by atoms with van der Waals surface area (Å²) in [4.78, 5) is 60.6. The lowest BCUT2D eigenvalue weighted by Crippen LogP contribution is -2.47. The standard InChI is InChI=1S/C24H33FN2O7/c1-15(2)22(27-24(32)34-14-17-8-6-5-7-9-17)19(28)12-16(3)23(31)26-18(20(29)13-25)10-11-21(30)33-4/h5-9,15-16,18,22H,10-14H2,1-4H3,(H,26,31)(H,27,32)/t16-,18+,22+/m1/s1. The number of nitrogens with one attached hydrogen (secondary N) is 2. The minimum Gasteiger partial charge on any atom is -0.469 e. The molecule has 0 aliphatic rings. The van der Waals surface area contributed by atoms with Gasteiger partial charge in [0.15, 0.2) is 11.6 Å². The molecule has 2 N–H and O–H groups in total. The first-order valence-electron chi connectivity index (χ1n) is 11.0. The number of alkyl halides is 1. The number of hydrogen-bond acceptors (Lipinski definition) is 7. The van der Waals surface area contributed by atoms with E-state index in [2.05, 4.69) is 15.4 Å². The van der Waals surface area contributed by atoms with Crippen LogP contribution in [0.15, 0.2) is 30.3 Å². The van der Waals surface area contributed by atoms with Crippen LogP contribution in [0, 0.1) is 11.8 Å². The number of Topliss-reactive ketones (excluding diaryl/α,β-unsaturated/α-hetero) is 2. The smallest absolute Gasteiger partial charge is 0.408 e. The van der Waals surface area contributed by atoms with Crippen LogP contribution < -0.4 is 10.6 Å². The molecular weight excluding hydrogens is 447 g/mol. The second kappa shape index (κ2) is 14.8. The van der Waals surface area contributed by atoms with Gasteiger partial charge in [0.1, 0.15) is 13.3 Å². The molecule has 0 radical (unpaired) electrons. The Balaban J connectivity index is 2.67. The van der Waals surface area contributed by atoms with Crippen LogP contribution in [0.2, 0.25) is 0 Å². The molecule has 1 aromatic rings. The summed E-state index contributed by atoms with van der Waals surface area (Å²) < 4.78 is 22.5. The maximum atomic E-state index is 12.9. The van der Waals surface area contributed by atoms with Gasteiger partial charge in [0.25, 0.3) is 0 Å². The summed E-state index contributed by atoms with van der Waals surface area (Å²) in [7, 11) is 1.18. The Morgan fingerprint density at radius 3 is 2.18 bits per heavy atom. The molecule has 0 saturated heterocycles. The Bertz CT molecular complexity index is 845. The van der Waals surface area contributed by atoms with Gasteiger partial charge in [-0.3, -0.25) is 19.2 Å². The van der Waals surface area contributed by atoms with Crippen LogP contribution in [0.3, 0.4) is 0 Å².